The van der Waals surface area contributed by atoms with Crippen LogP contribution in [0.4, 0.5) is 0 Å². The van der Waals surface area contributed by atoms with Gasteiger partial charge in [0.05, 0.1) is 6.10 Å². The van der Waals surface area contributed by atoms with Gasteiger partial charge in [0.2, 0.25) is 0 Å². The molecule has 4 aliphatic carbocycles. The largest absolute Gasteiger partial charge is 0.490 e. The maximum Gasteiger partial charge on any atom is 0.121 e. The summed E-state index contributed by atoms with van der Waals surface area (Å²) in [5.41, 5.74) is 1.23. The molecule has 27 heavy (non-hydrogen) atoms. The Bertz CT molecular complexity index is 701. The van der Waals surface area contributed by atoms with Gasteiger partial charge in [0.15, 0.2) is 0 Å². The van der Waals surface area contributed by atoms with Crippen LogP contribution in [0.2, 0.25) is 5.02 Å². The summed E-state index contributed by atoms with van der Waals surface area (Å²) in [7, 11) is 0. The first-order valence-corrected chi connectivity index (χ1v) is 11.8. The Labute approximate surface area is 170 Å². The van der Waals surface area contributed by atoms with E-state index in [9.17, 15) is 0 Å². The molecular weight excluding hydrogens is 352 g/mol. The van der Waals surface area contributed by atoms with Gasteiger partial charge < -0.3 is 4.74 Å². The normalized spacial score (nSPS) is 46.3. The lowest BCUT2D eigenvalue weighted by atomic mass is 9.45. The van der Waals surface area contributed by atoms with Crippen molar-refractivity contribution in [2.24, 2.45) is 34.5 Å². The van der Waals surface area contributed by atoms with Crippen LogP contribution in [0.3, 0.4) is 0 Å². The van der Waals surface area contributed by atoms with E-state index in [4.69, 9.17) is 16.3 Å². The molecule has 0 heterocycles. The van der Waals surface area contributed by atoms with E-state index in [1.165, 1.54) is 64.2 Å². The van der Waals surface area contributed by atoms with E-state index in [0.29, 0.717) is 16.9 Å². The topological polar surface area (TPSA) is 9.23 Å². The SMILES string of the molecule is C[C@@]12CCC[C@H]1[C@@H]1CC[C@H]3CC(Oc4cccc(Cl)c4)CC[C@]3(C)[C@H]1CC2. The van der Waals surface area contributed by atoms with Crippen molar-refractivity contribution >= 4 is 11.6 Å². The molecule has 148 valence electrons. The van der Waals surface area contributed by atoms with Crippen molar-refractivity contribution in [1.82, 2.24) is 0 Å². The minimum Gasteiger partial charge on any atom is -0.490 e. The van der Waals surface area contributed by atoms with Crippen LogP contribution in [-0.2, 0) is 0 Å². The first-order chi connectivity index (χ1) is 13.0. The zero-order chi connectivity index (χ0) is 18.6. The lowest BCUT2D eigenvalue weighted by Crippen LogP contribution is -2.53. The predicted octanol–water partition coefficient (Wildman–Crippen LogP) is 7.52. The molecule has 2 heteroatoms. The summed E-state index contributed by atoms with van der Waals surface area (Å²) in [5.74, 6) is 4.80. The number of rotatable bonds is 2. The molecule has 0 radical (unpaired) electrons. The molecule has 1 unspecified atom stereocenters. The molecule has 0 bridgehead atoms. The van der Waals surface area contributed by atoms with Gasteiger partial charge in [-0.25, -0.2) is 0 Å². The third kappa shape index (κ3) is 3.04. The smallest absolute Gasteiger partial charge is 0.121 e. The number of halogens is 1. The molecule has 4 saturated carbocycles. The highest BCUT2D eigenvalue weighted by Crippen LogP contribution is 2.66. The molecule has 0 N–H and O–H groups in total. The van der Waals surface area contributed by atoms with Crippen LogP contribution < -0.4 is 4.74 Å². The monoisotopic (exact) mass is 386 g/mol. The summed E-state index contributed by atoms with van der Waals surface area (Å²) < 4.78 is 6.37. The van der Waals surface area contributed by atoms with Gasteiger partial charge >= 0.3 is 0 Å². The fourth-order valence-corrected chi connectivity index (χ4v) is 8.23. The van der Waals surface area contributed by atoms with Crippen molar-refractivity contribution in [2.75, 3.05) is 0 Å². The van der Waals surface area contributed by atoms with Crippen molar-refractivity contribution in [3.8, 4) is 5.75 Å². The summed E-state index contributed by atoms with van der Waals surface area (Å²) in [6, 6.07) is 7.94. The third-order valence-corrected chi connectivity index (χ3v) is 9.73. The average molecular weight is 387 g/mol. The van der Waals surface area contributed by atoms with Crippen LogP contribution in [0, 0.1) is 34.5 Å². The number of benzene rings is 1. The molecule has 7 atom stereocenters. The highest BCUT2D eigenvalue weighted by molar-refractivity contribution is 6.30. The van der Waals surface area contributed by atoms with Gasteiger partial charge in [-0.1, -0.05) is 37.9 Å². The standard InChI is InChI=1S/C25H35ClO/c1-24-12-4-7-22(24)21-9-8-17-15-20(27-19-6-3-5-18(26)16-19)10-14-25(17,2)23(21)11-13-24/h3,5-6,16-17,20-23H,4,7-15H2,1-2H3/t17-,20?,21-,22-,23-,24-,25-/m0/s1. The highest BCUT2D eigenvalue weighted by atomic mass is 35.5. The van der Waals surface area contributed by atoms with Crippen LogP contribution in [-0.4, -0.2) is 6.10 Å². The summed E-state index contributed by atoms with van der Waals surface area (Å²) in [5, 5.41) is 0.774. The van der Waals surface area contributed by atoms with Gasteiger partial charge in [-0.3, -0.25) is 0 Å². The second-order valence-corrected chi connectivity index (χ2v) is 11.1. The Kier molecular flexibility index (Phi) is 4.54. The molecule has 0 aromatic heterocycles. The van der Waals surface area contributed by atoms with Crippen molar-refractivity contribution < 1.29 is 4.74 Å². The number of fused-ring (bicyclic) bond motifs is 5. The second kappa shape index (κ2) is 6.68. The van der Waals surface area contributed by atoms with E-state index in [0.717, 1.165) is 34.4 Å². The van der Waals surface area contributed by atoms with E-state index in [1.807, 2.05) is 18.2 Å². The predicted molar refractivity (Wildman–Crippen MR) is 112 cm³/mol. The van der Waals surface area contributed by atoms with E-state index in [2.05, 4.69) is 19.9 Å². The van der Waals surface area contributed by atoms with Gasteiger partial charge in [-0.2, -0.15) is 0 Å². The molecule has 1 nitrogen and oxygen atoms in total. The Hall–Kier alpha value is -0.690. The maximum absolute atomic E-state index is 6.37. The average Bonchev–Trinajstić information content (AvgIpc) is 3.04. The van der Waals surface area contributed by atoms with E-state index in [-0.39, 0.29) is 0 Å². The number of hydrogen-bond acceptors (Lipinski definition) is 1. The maximum atomic E-state index is 6.37. The fourth-order valence-electron chi connectivity index (χ4n) is 8.05. The van der Waals surface area contributed by atoms with Crippen LogP contribution >= 0.6 is 11.6 Å². The lowest BCUT2D eigenvalue weighted by molar-refractivity contribution is -0.118. The summed E-state index contributed by atoms with van der Waals surface area (Å²) in [6.45, 7) is 5.27. The number of ether oxygens (including phenoxy) is 1. The molecule has 1 aromatic rings. The number of hydrogen-bond donors (Lipinski definition) is 0. The molecule has 4 fully saturated rings. The van der Waals surface area contributed by atoms with Gasteiger partial charge in [0.1, 0.15) is 5.75 Å². The van der Waals surface area contributed by atoms with Crippen LogP contribution in [0.1, 0.15) is 78.1 Å². The van der Waals surface area contributed by atoms with Crippen molar-refractivity contribution in [3.05, 3.63) is 29.3 Å². The van der Waals surface area contributed by atoms with E-state index in [1.54, 1.807) is 0 Å². The molecule has 1 aromatic carbocycles. The molecule has 5 rings (SSSR count). The Morgan fingerprint density at radius 3 is 2.70 bits per heavy atom. The molecule has 0 saturated heterocycles. The Morgan fingerprint density at radius 1 is 0.963 bits per heavy atom. The minimum atomic E-state index is 0.374. The van der Waals surface area contributed by atoms with Crippen molar-refractivity contribution in [3.63, 3.8) is 0 Å². The van der Waals surface area contributed by atoms with Gasteiger partial charge in [0.25, 0.3) is 0 Å². The van der Waals surface area contributed by atoms with Crippen molar-refractivity contribution in [1.29, 1.82) is 0 Å². The molecular formula is C25H35ClO. The minimum absolute atomic E-state index is 0.374. The van der Waals surface area contributed by atoms with Crippen LogP contribution in [0.15, 0.2) is 24.3 Å². The molecule has 0 aliphatic heterocycles. The summed E-state index contributed by atoms with van der Waals surface area (Å²) >= 11 is 6.15. The summed E-state index contributed by atoms with van der Waals surface area (Å²) in [6.07, 6.45) is 14.6. The van der Waals surface area contributed by atoms with Gasteiger partial charge in [-0.05, 0) is 110 Å². The zero-order valence-corrected chi connectivity index (χ0v) is 17.8. The van der Waals surface area contributed by atoms with Gasteiger partial charge in [-0.15, -0.1) is 0 Å². The Morgan fingerprint density at radius 2 is 1.85 bits per heavy atom. The highest BCUT2D eigenvalue weighted by Gasteiger charge is 2.57. The van der Waals surface area contributed by atoms with Crippen LogP contribution in [0.25, 0.3) is 0 Å². The molecule has 0 spiro atoms. The molecule has 0 amide bonds. The van der Waals surface area contributed by atoms with Crippen LogP contribution in [0.5, 0.6) is 5.75 Å². The van der Waals surface area contributed by atoms with Gasteiger partial charge in [0, 0.05) is 5.02 Å². The lowest BCUT2D eigenvalue weighted by Gasteiger charge is -2.60. The first-order valence-electron chi connectivity index (χ1n) is 11.4. The summed E-state index contributed by atoms with van der Waals surface area (Å²) in [4.78, 5) is 0. The van der Waals surface area contributed by atoms with E-state index < -0.39 is 0 Å². The Balaban J connectivity index is 1.31. The second-order valence-electron chi connectivity index (χ2n) is 10.7. The third-order valence-electron chi connectivity index (χ3n) is 9.50. The fraction of sp³-hybridized carbons (Fsp3) is 0.760. The van der Waals surface area contributed by atoms with E-state index >= 15 is 0 Å². The quantitative estimate of drug-likeness (QED) is 0.510. The first kappa shape index (κ1) is 18.3. The zero-order valence-electron chi connectivity index (χ0n) is 17.1. The van der Waals surface area contributed by atoms with Crippen molar-refractivity contribution in [2.45, 2.75) is 84.2 Å². The molecule has 4 aliphatic rings.